The van der Waals surface area contributed by atoms with Gasteiger partial charge in [-0.25, -0.2) is 4.68 Å². The van der Waals surface area contributed by atoms with Gasteiger partial charge in [-0.2, -0.15) is 13.2 Å². The van der Waals surface area contributed by atoms with Crippen molar-refractivity contribution in [2.24, 2.45) is 5.92 Å². The first-order valence-electron chi connectivity index (χ1n) is 7.48. The van der Waals surface area contributed by atoms with E-state index in [1.807, 2.05) is 0 Å². The first kappa shape index (κ1) is 16.4. The summed E-state index contributed by atoms with van der Waals surface area (Å²) in [5.74, 6) is -0.323. The van der Waals surface area contributed by atoms with Crippen LogP contribution in [0.25, 0.3) is 0 Å². The van der Waals surface area contributed by atoms with E-state index < -0.39 is 29.7 Å². The van der Waals surface area contributed by atoms with Gasteiger partial charge in [-0.1, -0.05) is 18.2 Å². The van der Waals surface area contributed by atoms with Gasteiger partial charge in [-0.05, 0) is 29.8 Å². The third-order valence-corrected chi connectivity index (χ3v) is 4.05. The van der Waals surface area contributed by atoms with E-state index in [0.29, 0.717) is 18.7 Å². The highest BCUT2D eigenvalue weighted by Gasteiger charge is 2.36. The summed E-state index contributed by atoms with van der Waals surface area (Å²) < 4.78 is 46.0. The molecule has 6 nitrogen and oxygen atoms in total. The summed E-state index contributed by atoms with van der Waals surface area (Å²) in [6, 6.07) is 5.10. The zero-order valence-corrected chi connectivity index (χ0v) is 12.8. The minimum Gasteiger partial charge on any atom is -0.458 e. The van der Waals surface area contributed by atoms with Gasteiger partial charge in [0.1, 0.15) is 6.10 Å². The molecule has 2 aromatic rings. The van der Waals surface area contributed by atoms with Gasteiger partial charge in [0.25, 0.3) is 0 Å². The molecular weight excluding hydrogens is 325 g/mol. The molecule has 2 unspecified atom stereocenters. The minimum atomic E-state index is -4.50. The zero-order chi connectivity index (χ0) is 17.3. The van der Waals surface area contributed by atoms with Crippen LogP contribution in [0.3, 0.4) is 0 Å². The van der Waals surface area contributed by atoms with Gasteiger partial charge in [-0.15, -0.1) is 5.10 Å². The van der Waals surface area contributed by atoms with E-state index in [-0.39, 0.29) is 12.1 Å². The Morgan fingerprint density at radius 2 is 2.12 bits per heavy atom. The Hall–Kier alpha value is -2.45. The fourth-order valence-corrected chi connectivity index (χ4v) is 2.78. The quantitative estimate of drug-likeness (QED) is 0.803. The first-order valence-corrected chi connectivity index (χ1v) is 7.48. The van der Waals surface area contributed by atoms with Crippen molar-refractivity contribution in [2.75, 3.05) is 0 Å². The molecule has 9 heteroatoms. The molecule has 1 aliphatic rings. The average Bonchev–Trinajstić information content (AvgIpc) is 3.01. The van der Waals surface area contributed by atoms with Crippen LogP contribution in [0.2, 0.25) is 0 Å². The van der Waals surface area contributed by atoms with Crippen molar-refractivity contribution in [3.63, 3.8) is 0 Å². The van der Waals surface area contributed by atoms with Crippen molar-refractivity contribution in [3.8, 4) is 0 Å². The van der Waals surface area contributed by atoms with Crippen LogP contribution in [0, 0.1) is 5.92 Å². The van der Waals surface area contributed by atoms with Crippen molar-refractivity contribution in [3.05, 3.63) is 41.2 Å². The number of fused-ring (bicyclic) bond motifs is 1. The van der Waals surface area contributed by atoms with Crippen molar-refractivity contribution >= 4 is 5.97 Å². The highest BCUT2D eigenvalue weighted by Crippen LogP contribution is 2.35. The molecule has 1 aliphatic heterocycles. The number of hydrogen-bond donors (Lipinski definition) is 0. The minimum absolute atomic E-state index is 0.0581. The maximum absolute atomic E-state index is 13.1. The second-order valence-electron chi connectivity index (χ2n) is 5.68. The monoisotopic (exact) mass is 340 g/mol. The van der Waals surface area contributed by atoms with Crippen LogP contribution >= 0.6 is 0 Å². The van der Waals surface area contributed by atoms with Crippen LogP contribution < -0.4 is 0 Å². The molecular formula is C15H15F3N4O2. The molecule has 0 bridgehead atoms. The molecule has 2 atom stereocenters. The van der Waals surface area contributed by atoms with Gasteiger partial charge >= 0.3 is 12.1 Å². The topological polar surface area (TPSA) is 69.9 Å². The number of benzene rings is 1. The normalized spacial score (nSPS) is 18.8. The van der Waals surface area contributed by atoms with Crippen LogP contribution in [-0.4, -0.2) is 26.2 Å². The van der Waals surface area contributed by atoms with E-state index in [4.69, 9.17) is 4.74 Å². The third kappa shape index (κ3) is 3.24. The van der Waals surface area contributed by atoms with Gasteiger partial charge in [-0.3, -0.25) is 4.79 Å². The summed E-state index contributed by atoms with van der Waals surface area (Å²) in [5.41, 5.74) is -0.853. The van der Waals surface area contributed by atoms with Gasteiger partial charge in [0, 0.05) is 12.0 Å². The van der Waals surface area contributed by atoms with Crippen LogP contribution in [0.1, 0.15) is 36.4 Å². The van der Waals surface area contributed by atoms with E-state index in [1.165, 1.54) is 29.8 Å². The number of hydrogen-bond acceptors (Lipinski definition) is 5. The second kappa shape index (κ2) is 6.21. The van der Waals surface area contributed by atoms with E-state index in [9.17, 15) is 18.0 Å². The van der Waals surface area contributed by atoms with Crippen molar-refractivity contribution in [1.29, 1.82) is 0 Å². The predicted molar refractivity (Wildman–Crippen MR) is 75.6 cm³/mol. The number of carbonyl (C=O) groups excluding carboxylic acids is 1. The summed E-state index contributed by atoms with van der Waals surface area (Å²) in [5, 5.41) is 11.1. The van der Waals surface area contributed by atoms with Gasteiger partial charge in [0.05, 0.1) is 18.0 Å². The Kier molecular flexibility index (Phi) is 4.25. The highest BCUT2D eigenvalue weighted by molar-refractivity contribution is 5.73. The molecule has 0 N–H and O–H groups in total. The Bertz CT molecular complexity index is 744. The summed E-state index contributed by atoms with van der Waals surface area (Å²) in [4.78, 5) is 12.3. The third-order valence-electron chi connectivity index (χ3n) is 4.05. The summed E-state index contributed by atoms with van der Waals surface area (Å²) in [7, 11) is 0. The van der Waals surface area contributed by atoms with Gasteiger partial charge in [0.2, 0.25) is 0 Å². The lowest BCUT2D eigenvalue weighted by Crippen LogP contribution is -2.30. The molecule has 0 saturated carbocycles. The fraction of sp³-hybridized carbons (Fsp3) is 0.467. The predicted octanol–water partition coefficient (Wildman–Crippen LogP) is 2.56. The number of halogens is 3. The molecule has 0 fully saturated rings. The van der Waals surface area contributed by atoms with Gasteiger partial charge < -0.3 is 4.74 Å². The van der Waals surface area contributed by atoms with Crippen LogP contribution in [0.5, 0.6) is 0 Å². The van der Waals surface area contributed by atoms with Crippen molar-refractivity contribution in [2.45, 2.75) is 38.6 Å². The number of aromatic nitrogens is 4. The van der Waals surface area contributed by atoms with Gasteiger partial charge in [0.15, 0.2) is 5.82 Å². The molecule has 0 amide bonds. The van der Waals surface area contributed by atoms with Crippen LogP contribution in [0.4, 0.5) is 13.2 Å². The van der Waals surface area contributed by atoms with Crippen molar-refractivity contribution in [1.82, 2.24) is 20.2 Å². The fourth-order valence-electron chi connectivity index (χ4n) is 2.78. The van der Waals surface area contributed by atoms with E-state index in [1.54, 1.807) is 0 Å². The average molecular weight is 340 g/mol. The molecule has 2 heterocycles. The summed E-state index contributed by atoms with van der Waals surface area (Å²) >= 11 is 0. The Labute approximate surface area is 135 Å². The summed E-state index contributed by atoms with van der Waals surface area (Å²) in [6.07, 6.45) is -4.46. The lowest BCUT2D eigenvalue weighted by molar-refractivity contribution is -0.157. The second-order valence-corrected chi connectivity index (χ2v) is 5.68. The molecule has 0 aliphatic carbocycles. The molecule has 128 valence electrons. The number of ether oxygens (including phenoxy) is 1. The molecule has 0 radical (unpaired) electrons. The van der Waals surface area contributed by atoms with Crippen LogP contribution in [0.15, 0.2) is 24.3 Å². The van der Waals surface area contributed by atoms with Crippen LogP contribution in [-0.2, 0) is 28.7 Å². The number of esters is 1. The largest absolute Gasteiger partial charge is 0.458 e. The number of alkyl halides is 3. The number of nitrogens with zero attached hydrogens (tertiary/aromatic N) is 4. The van der Waals surface area contributed by atoms with Crippen molar-refractivity contribution < 1.29 is 22.7 Å². The maximum atomic E-state index is 13.1. The molecule has 0 saturated heterocycles. The number of tetrazole rings is 1. The Morgan fingerprint density at radius 3 is 2.88 bits per heavy atom. The SMILES string of the molecule is CC(OC(=O)C1CCc2nnnn2C1)c1ccccc1C(F)(F)F. The lowest BCUT2D eigenvalue weighted by Gasteiger charge is -2.24. The number of aryl methyl sites for hydroxylation is 1. The smallest absolute Gasteiger partial charge is 0.416 e. The molecule has 24 heavy (non-hydrogen) atoms. The number of carbonyl (C=O) groups is 1. The van der Waals surface area contributed by atoms with E-state index >= 15 is 0 Å². The highest BCUT2D eigenvalue weighted by atomic mass is 19.4. The van der Waals surface area contributed by atoms with E-state index in [2.05, 4.69) is 15.5 Å². The standard InChI is InChI=1S/C15H15F3N4O2/c1-9(11-4-2-3-5-12(11)15(16,17)18)24-14(23)10-6-7-13-19-20-21-22(13)8-10/h2-5,9-10H,6-8H2,1H3. The Balaban J connectivity index is 1.72. The summed E-state index contributed by atoms with van der Waals surface area (Å²) in [6.45, 7) is 1.71. The lowest BCUT2D eigenvalue weighted by atomic mass is 9.99. The molecule has 3 rings (SSSR count). The Morgan fingerprint density at radius 1 is 1.38 bits per heavy atom. The molecule has 0 spiro atoms. The maximum Gasteiger partial charge on any atom is 0.416 e. The number of rotatable bonds is 3. The van der Waals surface area contributed by atoms with E-state index in [0.717, 1.165) is 6.07 Å². The first-order chi connectivity index (χ1) is 11.4. The molecule has 1 aromatic heterocycles. The molecule has 1 aromatic carbocycles. The zero-order valence-electron chi connectivity index (χ0n) is 12.8.